The third-order valence-corrected chi connectivity index (χ3v) is 3.83. The molecule has 1 aromatic rings. The standard InChI is InChI=1S/C11H19N5O3S/c1-19-6-8(4-5-17)12-10(18)7-20-11-13-14-15-16(11)9-2-3-9/h8-9,17H,2-7H2,1H3,(H,12,18). The van der Waals surface area contributed by atoms with E-state index >= 15 is 0 Å². The number of amides is 1. The number of ether oxygens (including phenoxy) is 1. The Kier molecular flexibility index (Phi) is 5.74. The largest absolute Gasteiger partial charge is 0.396 e. The summed E-state index contributed by atoms with van der Waals surface area (Å²) in [5.74, 6) is 0.134. The van der Waals surface area contributed by atoms with Crippen LogP contribution in [0.15, 0.2) is 5.16 Å². The Bertz CT molecular complexity index is 431. The average Bonchev–Trinajstić information content (AvgIpc) is 3.16. The maximum absolute atomic E-state index is 11.8. The number of hydrogen-bond donors (Lipinski definition) is 2. The lowest BCUT2D eigenvalue weighted by Crippen LogP contribution is -2.39. The number of aliphatic hydroxyl groups excluding tert-OH is 1. The average molecular weight is 301 g/mol. The molecule has 1 aliphatic carbocycles. The first-order valence-corrected chi connectivity index (χ1v) is 7.53. The Morgan fingerprint density at radius 2 is 2.45 bits per heavy atom. The first-order chi connectivity index (χ1) is 9.74. The smallest absolute Gasteiger partial charge is 0.230 e. The van der Waals surface area contributed by atoms with Crippen molar-refractivity contribution in [3.63, 3.8) is 0 Å². The minimum atomic E-state index is -0.169. The van der Waals surface area contributed by atoms with E-state index in [0.29, 0.717) is 24.2 Å². The second-order valence-electron chi connectivity index (χ2n) is 4.66. The summed E-state index contributed by atoms with van der Waals surface area (Å²) in [6.07, 6.45) is 2.67. The van der Waals surface area contributed by atoms with Gasteiger partial charge in [-0.05, 0) is 29.7 Å². The van der Waals surface area contributed by atoms with Gasteiger partial charge >= 0.3 is 0 Å². The van der Waals surface area contributed by atoms with Gasteiger partial charge in [0.05, 0.1) is 24.4 Å². The van der Waals surface area contributed by atoms with Crippen molar-refractivity contribution in [2.24, 2.45) is 0 Å². The molecule has 8 nitrogen and oxygen atoms in total. The highest BCUT2D eigenvalue weighted by Gasteiger charge is 2.28. The highest BCUT2D eigenvalue weighted by Crippen LogP contribution is 2.36. The van der Waals surface area contributed by atoms with Gasteiger partial charge in [-0.1, -0.05) is 11.8 Å². The van der Waals surface area contributed by atoms with Crippen molar-refractivity contribution in [2.75, 3.05) is 26.1 Å². The lowest BCUT2D eigenvalue weighted by Gasteiger charge is -2.16. The predicted octanol–water partition coefficient (Wildman–Crippen LogP) is -0.386. The molecule has 1 unspecified atom stereocenters. The first-order valence-electron chi connectivity index (χ1n) is 6.54. The monoisotopic (exact) mass is 301 g/mol. The Hall–Kier alpha value is -1.19. The fourth-order valence-electron chi connectivity index (χ4n) is 1.78. The van der Waals surface area contributed by atoms with Gasteiger partial charge in [0, 0.05) is 13.7 Å². The molecule has 1 aromatic heterocycles. The quantitative estimate of drug-likeness (QED) is 0.599. The summed E-state index contributed by atoms with van der Waals surface area (Å²) in [7, 11) is 1.56. The van der Waals surface area contributed by atoms with E-state index in [2.05, 4.69) is 20.8 Å². The number of nitrogens with one attached hydrogen (secondary N) is 1. The predicted molar refractivity (Wildman–Crippen MR) is 72.3 cm³/mol. The zero-order valence-electron chi connectivity index (χ0n) is 11.4. The summed E-state index contributed by atoms with van der Waals surface area (Å²) in [4.78, 5) is 11.8. The van der Waals surface area contributed by atoms with Crippen molar-refractivity contribution in [1.29, 1.82) is 0 Å². The summed E-state index contributed by atoms with van der Waals surface area (Å²) in [5, 5.41) is 23.9. The number of tetrazole rings is 1. The molecular formula is C11H19N5O3S. The molecule has 0 bridgehead atoms. The Morgan fingerprint density at radius 3 is 3.10 bits per heavy atom. The van der Waals surface area contributed by atoms with E-state index in [9.17, 15) is 4.79 Å². The maximum Gasteiger partial charge on any atom is 0.230 e. The molecule has 2 N–H and O–H groups in total. The van der Waals surface area contributed by atoms with Crippen molar-refractivity contribution in [3.8, 4) is 0 Å². The van der Waals surface area contributed by atoms with Crippen LogP contribution in [0.5, 0.6) is 0 Å². The van der Waals surface area contributed by atoms with E-state index in [1.165, 1.54) is 11.8 Å². The molecule has 1 aliphatic rings. The van der Waals surface area contributed by atoms with E-state index in [0.717, 1.165) is 12.8 Å². The van der Waals surface area contributed by atoms with E-state index in [1.54, 1.807) is 11.8 Å². The second-order valence-corrected chi connectivity index (χ2v) is 5.60. The molecule has 0 aromatic carbocycles. The van der Waals surface area contributed by atoms with Crippen LogP contribution in [0.1, 0.15) is 25.3 Å². The fourth-order valence-corrected chi connectivity index (χ4v) is 2.54. The molecular weight excluding hydrogens is 282 g/mol. The van der Waals surface area contributed by atoms with Gasteiger partial charge in [0.2, 0.25) is 11.1 Å². The van der Waals surface area contributed by atoms with Gasteiger partial charge in [0.25, 0.3) is 0 Å². The fraction of sp³-hybridized carbons (Fsp3) is 0.818. The van der Waals surface area contributed by atoms with Gasteiger partial charge < -0.3 is 15.2 Å². The first kappa shape index (κ1) is 15.2. The Morgan fingerprint density at radius 1 is 1.65 bits per heavy atom. The van der Waals surface area contributed by atoms with Crippen LogP contribution in [0.4, 0.5) is 0 Å². The number of aliphatic hydroxyl groups is 1. The molecule has 1 amide bonds. The lowest BCUT2D eigenvalue weighted by atomic mass is 10.2. The SMILES string of the molecule is COCC(CCO)NC(=O)CSc1nnnn1C1CC1. The number of methoxy groups -OCH3 is 1. The number of carbonyl (C=O) groups is 1. The van der Waals surface area contributed by atoms with Gasteiger partial charge in [-0.3, -0.25) is 4.79 Å². The van der Waals surface area contributed by atoms with Crippen LogP contribution in [-0.2, 0) is 9.53 Å². The van der Waals surface area contributed by atoms with Crippen LogP contribution in [-0.4, -0.2) is 63.3 Å². The summed E-state index contributed by atoms with van der Waals surface area (Å²) in [6.45, 7) is 0.401. The Labute approximate surface area is 121 Å². The zero-order chi connectivity index (χ0) is 14.4. The van der Waals surface area contributed by atoms with E-state index < -0.39 is 0 Å². The van der Waals surface area contributed by atoms with Crippen molar-refractivity contribution in [3.05, 3.63) is 0 Å². The third-order valence-electron chi connectivity index (χ3n) is 2.90. The lowest BCUT2D eigenvalue weighted by molar-refractivity contribution is -0.119. The van der Waals surface area contributed by atoms with Crippen molar-refractivity contribution in [1.82, 2.24) is 25.5 Å². The number of carbonyl (C=O) groups excluding carboxylic acids is 1. The van der Waals surface area contributed by atoms with Crippen LogP contribution < -0.4 is 5.32 Å². The molecule has 0 aliphatic heterocycles. The molecule has 9 heteroatoms. The van der Waals surface area contributed by atoms with E-state index in [1.807, 2.05) is 0 Å². The maximum atomic E-state index is 11.8. The molecule has 0 spiro atoms. The van der Waals surface area contributed by atoms with Crippen molar-refractivity contribution in [2.45, 2.75) is 36.5 Å². The minimum absolute atomic E-state index is 0.0153. The summed E-state index contributed by atoms with van der Waals surface area (Å²) < 4.78 is 6.77. The van der Waals surface area contributed by atoms with Gasteiger partial charge in [-0.15, -0.1) is 5.10 Å². The molecule has 1 fully saturated rings. The minimum Gasteiger partial charge on any atom is -0.396 e. The zero-order valence-corrected chi connectivity index (χ0v) is 12.2. The number of thioether (sulfide) groups is 1. The normalized spacial score (nSPS) is 16.1. The number of rotatable bonds is 9. The molecule has 112 valence electrons. The second kappa shape index (κ2) is 7.55. The van der Waals surface area contributed by atoms with E-state index in [4.69, 9.17) is 9.84 Å². The molecule has 1 atom stereocenters. The van der Waals surface area contributed by atoms with Crippen LogP contribution in [0.3, 0.4) is 0 Å². The molecule has 20 heavy (non-hydrogen) atoms. The van der Waals surface area contributed by atoms with Crippen LogP contribution >= 0.6 is 11.8 Å². The van der Waals surface area contributed by atoms with Crippen molar-refractivity contribution < 1.29 is 14.6 Å². The number of hydrogen-bond acceptors (Lipinski definition) is 7. The molecule has 0 saturated heterocycles. The molecule has 2 rings (SSSR count). The van der Waals surface area contributed by atoms with Crippen molar-refractivity contribution >= 4 is 17.7 Å². The number of aromatic nitrogens is 4. The topological polar surface area (TPSA) is 102 Å². The number of nitrogens with zero attached hydrogens (tertiary/aromatic N) is 4. The highest BCUT2D eigenvalue weighted by molar-refractivity contribution is 7.99. The summed E-state index contributed by atoms with van der Waals surface area (Å²) in [5.41, 5.74) is 0. The summed E-state index contributed by atoms with van der Waals surface area (Å²) in [6, 6.07) is 0.226. The van der Waals surface area contributed by atoms with Crippen LogP contribution in [0.2, 0.25) is 0 Å². The van der Waals surface area contributed by atoms with Crippen LogP contribution in [0, 0.1) is 0 Å². The summed E-state index contributed by atoms with van der Waals surface area (Å²) >= 11 is 1.32. The molecule has 0 radical (unpaired) electrons. The van der Waals surface area contributed by atoms with Gasteiger partial charge in [0.1, 0.15) is 0 Å². The van der Waals surface area contributed by atoms with E-state index in [-0.39, 0.29) is 24.3 Å². The molecule has 1 heterocycles. The molecule has 1 saturated carbocycles. The third kappa shape index (κ3) is 4.43. The van der Waals surface area contributed by atoms with Gasteiger partial charge in [-0.25, -0.2) is 4.68 Å². The van der Waals surface area contributed by atoms with Gasteiger partial charge in [0.15, 0.2) is 0 Å². The van der Waals surface area contributed by atoms with Gasteiger partial charge in [-0.2, -0.15) is 0 Å². The Balaban J connectivity index is 1.77. The highest BCUT2D eigenvalue weighted by atomic mass is 32.2. The van der Waals surface area contributed by atoms with Crippen LogP contribution in [0.25, 0.3) is 0 Å².